The van der Waals surface area contributed by atoms with Crippen molar-refractivity contribution >= 4 is 43.9 Å². The van der Waals surface area contributed by atoms with Crippen LogP contribution in [0.4, 0.5) is 0 Å². The lowest BCUT2D eigenvalue weighted by atomic mass is 10.1. The predicted octanol–water partition coefficient (Wildman–Crippen LogP) is 7.48. The molecule has 2 heterocycles. The number of imide groups is 2. The average molecular weight is 749 g/mol. The van der Waals surface area contributed by atoms with E-state index in [9.17, 15) is 36.0 Å². The number of hydroxylamine groups is 4. The van der Waals surface area contributed by atoms with E-state index in [0.29, 0.717) is 25.7 Å². The van der Waals surface area contributed by atoms with Gasteiger partial charge in [0.2, 0.25) is 0 Å². The Kier molecular flexibility index (Phi) is 14.7. The van der Waals surface area contributed by atoms with Gasteiger partial charge in [-0.1, -0.05) is 104 Å². The summed E-state index contributed by atoms with van der Waals surface area (Å²) >= 11 is 0. The van der Waals surface area contributed by atoms with E-state index in [2.05, 4.69) is 13.8 Å². The number of rotatable bonds is 24. The van der Waals surface area contributed by atoms with E-state index in [1.807, 2.05) is 0 Å². The van der Waals surface area contributed by atoms with Gasteiger partial charge in [-0.15, -0.1) is 18.7 Å². The summed E-state index contributed by atoms with van der Waals surface area (Å²) in [4.78, 5) is 51.8. The van der Waals surface area contributed by atoms with Crippen molar-refractivity contribution in [2.24, 2.45) is 0 Å². The molecule has 4 rings (SSSR count). The maximum absolute atomic E-state index is 13.0. The Bertz CT molecular complexity index is 1660. The van der Waals surface area contributed by atoms with Gasteiger partial charge in [0.05, 0.1) is 33.8 Å². The van der Waals surface area contributed by atoms with Crippen LogP contribution < -0.4 is 4.74 Å². The molecular formula is C36H48N2O11S2. The summed E-state index contributed by atoms with van der Waals surface area (Å²) in [6, 6.07) is 7.78. The molecule has 0 aromatic heterocycles. The maximum Gasteiger partial charge on any atom is 0.288 e. The van der Waals surface area contributed by atoms with Crippen LogP contribution in [-0.4, -0.2) is 62.1 Å². The molecule has 2 aromatic carbocycles. The monoisotopic (exact) mass is 748 g/mol. The largest absolute Gasteiger partial charge is 0.457 e. The van der Waals surface area contributed by atoms with Gasteiger partial charge in [-0.3, -0.25) is 19.2 Å². The number of carbonyl (C=O) groups excluding carboxylic acids is 4. The third kappa shape index (κ3) is 11.2. The predicted molar refractivity (Wildman–Crippen MR) is 189 cm³/mol. The molecular weight excluding hydrogens is 701 g/mol. The lowest BCUT2D eigenvalue weighted by Crippen LogP contribution is -2.33. The molecule has 0 saturated heterocycles. The van der Waals surface area contributed by atoms with E-state index < -0.39 is 43.9 Å². The Morgan fingerprint density at radius 1 is 0.451 bits per heavy atom. The van der Waals surface area contributed by atoms with Crippen molar-refractivity contribution in [3.63, 3.8) is 0 Å². The van der Waals surface area contributed by atoms with Crippen LogP contribution >= 0.6 is 0 Å². The Morgan fingerprint density at radius 2 is 0.765 bits per heavy atom. The first-order valence-corrected chi connectivity index (χ1v) is 21.1. The van der Waals surface area contributed by atoms with Crippen LogP contribution in [0.2, 0.25) is 0 Å². The van der Waals surface area contributed by atoms with Gasteiger partial charge in [-0.2, -0.15) is 16.8 Å². The third-order valence-corrected chi connectivity index (χ3v) is 11.1. The van der Waals surface area contributed by atoms with Crippen molar-refractivity contribution in [1.29, 1.82) is 0 Å². The molecule has 0 bridgehead atoms. The van der Waals surface area contributed by atoms with E-state index in [1.165, 1.54) is 49.2 Å². The minimum atomic E-state index is -4.21. The molecule has 51 heavy (non-hydrogen) atoms. The van der Waals surface area contributed by atoms with Gasteiger partial charge < -0.3 is 4.74 Å². The number of benzene rings is 2. The molecule has 15 heteroatoms. The summed E-state index contributed by atoms with van der Waals surface area (Å²) < 4.78 is 65.9. The lowest BCUT2D eigenvalue weighted by molar-refractivity contribution is -0.0107. The molecule has 0 fully saturated rings. The van der Waals surface area contributed by atoms with Gasteiger partial charge in [0.25, 0.3) is 43.9 Å². The summed E-state index contributed by atoms with van der Waals surface area (Å²) in [6.45, 7) is 4.27. The highest BCUT2D eigenvalue weighted by Gasteiger charge is 2.41. The van der Waals surface area contributed by atoms with Crippen LogP contribution in [0.5, 0.6) is 11.5 Å². The molecule has 4 amide bonds. The van der Waals surface area contributed by atoms with Crippen molar-refractivity contribution < 1.29 is 49.3 Å². The number of fused-ring (bicyclic) bond motifs is 2. The summed E-state index contributed by atoms with van der Waals surface area (Å²) in [5.41, 5.74) is -0.447. The van der Waals surface area contributed by atoms with Gasteiger partial charge in [0.1, 0.15) is 11.5 Å². The minimum absolute atomic E-state index is 0.0660. The van der Waals surface area contributed by atoms with Crippen LogP contribution in [-0.2, 0) is 28.8 Å². The standard InChI is InChI=1S/C36H48N2O11S2/c1-3-5-7-9-11-13-15-17-23-50(43,44)48-37-33(39)29-21-19-27(25-31(29)35(37)41)47-28-20-22-30-32(26-28)36(42)38(34(30)40)49-51(45,46)24-18-16-14-12-10-8-6-4-2/h19-22,25-26H,3-18,23-24H2,1-2H3. The first-order chi connectivity index (χ1) is 24.4. The van der Waals surface area contributed by atoms with Gasteiger partial charge in [0.15, 0.2) is 0 Å². The fraction of sp³-hybridized carbons (Fsp3) is 0.556. The molecule has 0 radical (unpaired) electrons. The maximum atomic E-state index is 13.0. The summed E-state index contributed by atoms with van der Waals surface area (Å²) in [7, 11) is -8.42. The van der Waals surface area contributed by atoms with E-state index in [-0.39, 0.29) is 55.4 Å². The molecule has 0 spiro atoms. The second-order valence-corrected chi connectivity index (χ2v) is 16.3. The summed E-state index contributed by atoms with van der Waals surface area (Å²) in [5, 5.41) is 0.455. The Hall–Kier alpha value is -3.66. The first kappa shape index (κ1) is 40.1. The van der Waals surface area contributed by atoms with E-state index >= 15 is 0 Å². The molecule has 0 N–H and O–H groups in total. The number of unbranched alkanes of at least 4 members (excludes halogenated alkanes) is 14. The number of nitrogens with zero attached hydrogens (tertiary/aromatic N) is 2. The van der Waals surface area contributed by atoms with Gasteiger partial charge in [-0.25, -0.2) is 0 Å². The Labute approximate surface area is 300 Å². The first-order valence-electron chi connectivity index (χ1n) is 18.0. The SMILES string of the molecule is CCCCCCCCCCS(=O)(=O)ON1C(=O)c2ccc(Oc3ccc4c(c3)C(=O)N(OS(=O)(=O)CCCCCCCCCC)C4=O)cc2C1=O. The van der Waals surface area contributed by atoms with Crippen molar-refractivity contribution in [1.82, 2.24) is 10.1 Å². The molecule has 2 aliphatic heterocycles. The minimum Gasteiger partial charge on any atom is -0.457 e. The van der Waals surface area contributed by atoms with Crippen LogP contribution in [0, 0.1) is 0 Å². The van der Waals surface area contributed by atoms with Crippen LogP contribution in [0.25, 0.3) is 0 Å². The zero-order chi connectivity index (χ0) is 37.0. The number of hydrogen-bond acceptors (Lipinski definition) is 11. The van der Waals surface area contributed by atoms with Crippen LogP contribution in [0.15, 0.2) is 36.4 Å². The van der Waals surface area contributed by atoms with Gasteiger partial charge >= 0.3 is 0 Å². The van der Waals surface area contributed by atoms with E-state index in [4.69, 9.17) is 13.3 Å². The van der Waals surface area contributed by atoms with Crippen LogP contribution in [0.1, 0.15) is 158 Å². The van der Waals surface area contributed by atoms with Crippen molar-refractivity contribution in [3.8, 4) is 11.5 Å². The number of ether oxygens (including phenoxy) is 1. The lowest BCUT2D eigenvalue weighted by Gasteiger charge is -2.12. The van der Waals surface area contributed by atoms with Crippen molar-refractivity contribution in [3.05, 3.63) is 58.7 Å². The number of hydrogen-bond donors (Lipinski definition) is 0. The summed E-state index contributed by atoms with van der Waals surface area (Å²) in [6.07, 6.45) is 15.0. The highest BCUT2D eigenvalue weighted by molar-refractivity contribution is 7.86. The topological polar surface area (TPSA) is 171 Å². The van der Waals surface area contributed by atoms with E-state index in [1.54, 1.807) is 0 Å². The number of carbonyl (C=O) groups is 4. The smallest absolute Gasteiger partial charge is 0.288 e. The normalized spacial score (nSPS) is 14.5. The second-order valence-electron chi connectivity index (χ2n) is 12.9. The Morgan fingerprint density at radius 3 is 1.12 bits per heavy atom. The highest BCUT2D eigenvalue weighted by Crippen LogP contribution is 2.33. The molecule has 280 valence electrons. The molecule has 13 nitrogen and oxygen atoms in total. The van der Waals surface area contributed by atoms with Crippen molar-refractivity contribution in [2.75, 3.05) is 11.5 Å². The fourth-order valence-corrected chi connectivity index (χ4v) is 7.91. The molecule has 0 saturated carbocycles. The molecule has 0 aliphatic carbocycles. The second kappa shape index (κ2) is 18.7. The highest BCUT2D eigenvalue weighted by atomic mass is 32.2. The zero-order valence-electron chi connectivity index (χ0n) is 29.4. The van der Waals surface area contributed by atoms with Gasteiger partial charge in [0, 0.05) is 0 Å². The van der Waals surface area contributed by atoms with Crippen molar-refractivity contribution in [2.45, 2.75) is 117 Å². The molecule has 0 unspecified atom stereocenters. The fourth-order valence-electron chi connectivity index (χ4n) is 5.92. The molecule has 2 aliphatic rings. The number of amides is 4. The third-order valence-electron chi connectivity index (χ3n) is 8.75. The van der Waals surface area contributed by atoms with Crippen LogP contribution in [0.3, 0.4) is 0 Å². The van der Waals surface area contributed by atoms with E-state index in [0.717, 1.165) is 64.2 Å². The zero-order valence-corrected chi connectivity index (χ0v) is 31.0. The summed E-state index contributed by atoms with van der Waals surface area (Å²) in [5.74, 6) is -4.35. The quantitative estimate of drug-likeness (QED) is 0.0770. The molecule has 2 aromatic rings. The van der Waals surface area contributed by atoms with Gasteiger partial charge in [-0.05, 0) is 49.2 Å². The average Bonchev–Trinajstić information content (AvgIpc) is 3.46. The Balaban J connectivity index is 1.31. The molecule has 0 atom stereocenters.